The number of Topliss-reactive ketones (excluding diaryl/α,β-unsaturated/α-hetero) is 1. The molecule has 1 aromatic rings. The maximum Gasteiger partial charge on any atom is 0.407 e. The third kappa shape index (κ3) is 4.29. The van der Waals surface area contributed by atoms with Gasteiger partial charge in [-0.15, -0.1) is 0 Å². The van der Waals surface area contributed by atoms with Crippen LogP contribution in [0.5, 0.6) is 0 Å². The monoisotopic (exact) mass is 341 g/mol. The number of carbonyl (C=O) groups is 2. The molecule has 0 radical (unpaired) electrons. The molecule has 1 fully saturated rings. The number of ether oxygens (including phenoxy) is 2. The predicted molar refractivity (Wildman–Crippen MR) is 82.4 cm³/mol. The molecule has 0 bridgehead atoms. The summed E-state index contributed by atoms with van der Waals surface area (Å²) in [6, 6.07) is 2.12. The topological polar surface area (TPSA) is 64.6 Å². The van der Waals surface area contributed by atoms with Gasteiger partial charge < -0.3 is 14.8 Å². The van der Waals surface area contributed by atoms with E-state index in [0.717, 1.165) is 18.2 Å². The first-order valence-electron chi connectivity index (χ1n) is 7.67. The first-order chi connectivity index (χ1) is 11.1. The summed E-state index contributed by atoms with van der Waals surface area (Å²) in [5, 5.41) is 2.55. The normalized spacial score (nSPS) is 24.6. The highest BCUT2D eigenvalue weighted by atomic mass is 19.1. The van der Waals surface area contributed by atoms with Crippen LogP contribution in [0.3, 0.4) is 0 Å². The van der Waals surface area contributed by atoms with E-state index in [2.05, 4.69) is 5.32 Å². The van der Waals surface area contributed by atoms with Gasteiger partial charge in [0.05, 0.1) is 6.04 Å². The van der Waals surface area contributed by atoms with Crippen LogP contribution in [-0.2, 0) is 14.3 Å². The van der Waals surface area contributed by atoms with Crippen molar-refractivity contribution in [2.24, 2.45) is 5.92 Å². The van der Waals surface area contributed by atoms with Crippen molar-refractivity contribution in [3.05, 3.63) is 35.4 Å². The van der Waals surface area contributed by atoms with Crippen LogP contribution >= 0.6 is 0 Å². The van der Waals surface area contributed by atoms with Crippen molar-refractivity contribution in [1.29, 1.82) is 0 Å². The summed E-state index contributed by atoms with van der Waals surface area (Å²) >= 11 is 0. The molecule has 1 aromatic carbocycles. The zero-order chi connectivity index (χ0) is 18.1. The van der Waals surface area contributed by atoms with E-state index >= 15 is 0 Å². The third-order valence-corrected chi connectivity index (χ3v) is 3.73. The Bertz CT molecular complexity index is 642. The van der Waals surface area contributed by atoms with Crippen molar-refractivity contribution < 1.29 is 27.8 Å². The molecular formula is C17H21F2NO4. The number of amides is 1. The summed E-state index contributed by atoms with van der Waals surface area (Å²) in [6.07, 6.45) is -1.74. The molecule has 0 saturated carbocycles. The number of rotatable bonds is 2. The largest absolute Gasteiger partial charge is 0.444 e. The Morgan fingerprint density at radius 3 is 2.62 bits per heavy atom. The highest BCUT2D eigenvalue weighted by Gasteiger charge is 2.40. The van der Waals surface area contributed by atoms with Gasteiger partial charge in [-0.25, -0.2) is 13.6 Å². The van der Waals surface area contributed by atoms with Crippen molar-refractivity contribution in [2.75, 3.05) is 6.61 Å². The maximum absolute atomic E-state index is 14.1. The molecule has 1 unspecified atom stereocenters. The lowest BCUT2D eigenvalue weighted by Crippen LogP contribution is -2.52. The van der Waals surface area contributed by atoms with Gasteiger partial charge in [-0.3, -0.25) is 4.79 Å². The number of benzene rings is 1. The third-order valence-electron chi connectivity index (χ3n) is 3.73. The molecule has 2 rings (SSSR count). The standard InChI is InChI=1S/C17H21F2NO4/c1-9-13(21)8-23-15(11-7-10(18)5-6-12(11)19)14(9)20-16(22)24-17(2,3)4/h5-7,9,14-15H,8H2,1-4H3,(H,20,22)/t9?,14-,15+/m0/s1. The Kier molecular flexibility index (Phi) is 5.22. The fourth-order valence-electron chi connectivity index (χ4n) is 2.53. The zero-order valence-electron chi connectivity index (χ0n) is 14.1. The van der Waals surface area contributed by atoms with E-state index in [1.54, 1.807) is 27.7 Å². The molecule has 1 aliphatic rings. The smallest absolute Gasteiger partial charge is 0.407 e. The molecule has 0 aromatic heterocycles. The van der Waals surface area contributed by atoms with Crippen LogP contribution in [0.4, 0.5) is 13.6 Å². The minimum Gasteiger partial charge on any atom is -0.444 e. The first kappa shape index (κ1) is 18.3. The van der Waals surface area contributed by atoms with Crippen LogP contribution in [0.15, 0.2) is 18.2 Å². The van der Waals surface area contributed by atoms with E-state index < -0.39 is 41.4 Å². The average Bonchev–Trinajstić information content (AvgIpc) is 2.45. The SMILES string of the molecule is CC1C(=O)CO[C@H](c2cc(F)ccc2F)[C@H]1NC(=O)OC(C)(C)C. The molecule has 1 aliphatic heterocycles. The maximum atomic E-state index is 14.1. The van der Waals surface area contributed by atoms with E-state index in [1.165, 1.54) is 0 Å². The lowest BCUT2D eigenvalue weighted by atomic mass is 9.87. The second kappa shape index (κ2) is 6.84. The molecule has 24 heavy (non-hydrogen) atoms. The van der Waals surface area contributed by atoms with Gasteiger partial charge in [0, 0.05) is 11.5 Å². The van der Waals surface area contributed by atoms with Gasteiger partial charge in [0.15, 0.2) is 5.78 Å². The second-order valence-electron chi connectivity index (χ2n) is 6.82. The van der Waals surface area contributed by atoms with Crippen molar-refractivity contribution in [1.82, 2.24) is 5.32 Å². The molecule has 1 heterocycles. The van der Waals surface area contributed by atoms with E-state index in [1.807, 2.05) is 0 Å². The number of halogens is 2. The van der Waals surface area contributed by atoms with Crippen LogP contribution in [-0.4, -0.2) is 30.1 Å². The summed E-state index contributed by atoms with van der Waals surface area (Å²) in [4.78, 5) is 24.0. The summed E-state index contributed by atoms with van der Waals surface area (Å²) in [6.45, 7) is 6.47. The van der Waals surface area contributed by atoms with Gasteiger partial charge in [0.2, 0.25) is 0 Å². The summed E-state index contributed by atoms with van der Waals surface area (Å²) in [5.41, 5.74) is -0.776. The van der Waals surface area contributed by atoms with Gasteiger partial charge in [-0.2, -0.15) is 0 Å². The number of alkyl carbamates (subject to hydrolysis) is 1. The molecule has 5 nitrogen and oxygen atoms in total. The average molecular weight is 341 g/mol. The van der Waals surface area contributed by atoms with Crippen LogP contribution in [0, 0.1) is 17.6 Å². The molecule has 1 amide bonds. The molecule has 0 aliphatic carbocycles. The molecule has 0 spiro atoms. The Hall–Kier alpha value is -2.02. The summed E-state index contributed by atoms with van der Waals surface area (Å²) in [5.74, 6) is -2.16. The Labute approximate surface area is 139 Å². The van der Waals surface area contributed by atoms with Crippen molar-refractivity contribution >= 4 is 11.9 Å². The molecule has 1 saturated heterocycles. The van der Waals surface area contributed by atoms with E-state index in [0.29, 0.717) is 0 Å². The van der Waals surface area contributed by atoms with Gasteiger partial charge in [-0.1, -0.05) is 6.92 Å². The molecule has 3 atom stereocenters. The zero-order valence-corrected chi connectivity index (χ0v) is 14.1. The number of nitrogens with one attached hydrogen (secondary N) is 1. The van der Waals surface area contributed by atoms with Crippen LogP contribution in [0.25, 0.3) is 0 Å². The summed E-state index contributed by atoms with van der Waals surface area (Å²) in [7, 11) is 0. The van der Waals surface area contributed by atoms with E-state index in [-0.39, 0.29) is 18.0 Å². The van der Waals surface area contributed by atoms with E-state index in [4.69, 9.17) is 9.47 Å². The lowest BCUT2D eigenvalue weighted by Gasteiger charge is -2.36. The fraction of sp³-hybridized carbons (Fsp3) is 0.529. The summed E-state index contributed by atoms with van der Waals surface area (Å²) < 4.78 is 38.1. The minimum atomic E-state index is -0.985. The van der Waals surface area contributed by atoms with Gasteiger partial charge in [0.1, 0.15) is 29.9 Å². The van der Waals surface area contributed by atoms with Gasteiger partial charge in [0.25, 0.3) is 0 Å². The van der Waals surface area contributed by atoms with E-state index in [9.17, 15) is 18.4 Å². The lowest BCUT2D eigenvalue weighted by molar-refractivity contribution is -0.140. The molecule has 132 valence electrons. The molecule has 1 N–H and O–H groups in total. The number of hydrogen-bond donors (Lipinski definition) is 1. The Balaban J connectivity index is 2.29. The Morgan fingerprint density at radius 1 is 1.33 bits per heavy atom. The Morgan fingerprint density at radius 2 is 2.00 bits per heavy atom. The quantitative estimate of drug-likeness (QED) is 0.898. The van der Waals surface area contributed by atoms with Crippen molar-refractivity contribution in [3.8, 4) is 0 Å². The van der Waals surface area contributed by atoms with Crippen LogP contribution in [0.2, 0.25) is 0 Å². The van der Waals surface area contributed by atoms with Crippen molar-refractivity contribution in [3.63, 3.8) is 0 Å². The predicted octanol–water partition coefficient (Wildman–Crippen LogP) is 3.13. The van der Waals surface area contributed by atoms with Crippen LogP contribution < -0.4 is 5.32 Å². The first-order valence-corrected chi connectivity index (χ1v) is 7.67. The highest BCUT2D eigenvalue weighted by Crippen LogP contribution is 2.32. The second-order valence-corrected chi connectivity index (χ2v) is 6.82. The van der Waals surface area contributed by atoms with Gasteiger partial charge >= 0.3 is 6.09 Å². The fourth-order valence-corrected chi connectivity index (χ4v) is 2.53. The van der Waals surface area contributed by atoms with Crippen LogP contribution in [0.1, 0.15) is 39.4 Å². The van der Waals surface area contributed by atoms with Crippen molar-refractivity contribution in [2.45, 2.75) is 45.4 Å². The number of carbonyl (C=O) groups excluding carboxylic acids is 2. The molecule has 7 heteroatoms. The highest BCUT2D eigenvalue weighted by molar-refractivity contribution is 5.84. The molecular weight excluding hydrogens is 320 g/mol. The van der Waals surface area contributed by atoms with Gasteiger partial charge in [-0.05, 0) is 39.0 Å². The number of ketones is 1. The number of hydrogen-bond acceptors (Lipinski definition) is 4. The minimum absolute atomic E-state index is 0.0459.